The van der Waals surface area contributed by atoms with E-state index < -0.39 is 0 Å². The first kappa shape index (κ1) is 16.7. The fraction of sp³-hybridized carbons (Fsp3) is 0.250. The monoisotopic (exact) mass is 344 g/mol. The highest BCUT2D eigenvalue weighted by atomic mass is 16.7. The molecule has 0 aromatic heterocycles. The number of rotatable bonds is 6. The Hall–Kier alpha value is -2.74. The largest absolute Gasteiger partial charge is 0.454 e. The van der Waals surface area contributed by atoms with E-state index in [-0.39, 0.29) is 0 Å². The number of allylic oxidation sites excluding steroid dienone is 5. The van der Waals surface area contributed by atoms with Crippen molar-refractivity contribution in [2.75, 3.05) is 6.79 Å². The topological polar surface area (TPSA) is 18.5 Å². The van der Waals surface area contributed by atoms with Crippen LogP contribution in [-0.4, -0.2) is 6.79 Å². The van der Waals surface area contributed by atoms with Crippen molar-refractivity contribution in [2.45, 2.75) is 26.2 Å². The van der Waals surface area contributed by atoms with E-state index in [0.29, 0.717) is 12.7 Å². The smallest absolute Gasteiger partial charge is 0.231 e. The number of benzene rings is 2. The van der Waals surface area contributed by atoms with E-state index in [4.69, 9.17) is 9.47 Å². The predicted molar refractivity (Wildman–Crippen MR) is 106 cm³/mol. The minimum absolute atomic E-state index is 0.329. The van der Waals surface area contributed by atoms with E-state index >= 15 is 0 Å². The van der Waals surface area contributed by atoms with Crippen LogP contribution in [-0.2, 0) is 6.42 Å². The van der Waals surface area contributed by atoms with Gasteiger partial charge in [-0.1, -0.05) is 54.1 Å². The van der Waals surface area contributed by atoms with Gasteiger partial charge in [-0.25, -0.2) is 0 Å². The highest BCUT2D eigenvalue weighted by Gasteiger charge is 2.23. The lowest BCUT2D eigenvalue weighted by Crippen LogP contribution is -2.04. The second-order valence-corrected chi connectivity index (χ2v) is 6.94. The van der Waals surface area contributed by atoms with Gasteiger partial charge in [-0.05, 0) is 60.6 Å². The summed E-state index contributed by atoms with van der Waals surface area (Å²) >= 11 is 0. The van der Waals surface area contributed by atoms with Gasteiger partial charge < -0.3 is 9.47 Å². The van der Waals surface area contributed by atoms with Crippen molar-refractivity contribution in [1.29, 1.82) is 0 Å². The number of aryl methyl sites for hydroxylation is 2. The lowest BCUT2D eigenvalue weighted by atomic mass is 9.85. The van der Waals surface area contributed by atoms with E-state index in [2.05, 4.69) is 68.1 Å². The van der Waals surface area contributed by atoms with E-state index in [1.165, 1.54) is 27.8 Å². The molecule has 26 heavy (non-hydrogen) atoms. The Balaban J connectivity index is 1.49. The average Bonchev–Trinajstić information content (AvgIpc) is 3.27. The van der Waals surface area contributed by atoms with Crippen molar-refractivity contribution in [1.82, 2.24) is 0 Å². The van der Waals surface area contributed by atoms with Crippen molar-refractivity contribution >= 4 is 5.57 Å². The van der Waals surface area contributed by atoms with Gasteiger partial charge in [-0.15, -0.1) is 6.58 Å². The normalized spacial score (nSPS) is 17.8. The Bertz CT molecular complexity index is 875. The lowest BCUT2D eigenvalue weighted by molar-refractivity contribution is 0.174. The van der Waals surface area contributed by atoms with Gasteiger partial charge in [0.2, 0.25) is 6.79 Å². The first-order chi connectivity index (χ1) is 12.8. The van der Waals surface area contributed by atoms with Crippen LogP contribution in [0.15, 0.2) is 72.8 Å². The highest BCUT2D eigenvalue weighted by molar-refractivity contribution is 5.74. The van der Waals surface area contributed by atoms with Gasteiger partial charge in [-0.2, -0.15) is 0 Å². The minimum atomic E-state index is 0.329. The van der Waals surface area contributed by atoms with Gasteiger partial charge in [0.1, 0.15) is 0 Å². The highest BCUT2D eigenvalue weighted by Crippen LogP contribution is 2.40. The van der Waals surface area contributed by atoms with Crippen LogP contribution in [0.5, 0.6) is 11.5 Å². The summed E-state index contributed by atoms with van der Waals surface area (Å²) in [5, 5.41) is 0. The molecule has 0 radical (unpaired) electrons. The summed E-state index contributed by atoms with van der Waals surface area (Å²) in [7, 11) is 0. The molecule has 0 spiro atoms. The minimum Gasteiger partial charge on any atom is -0.454 e. The fourth-order valence-corrected chi connectivity index (χ4v) is 3.89. The third kappa shape index (κ3) is 3.20. The van der Waals surface area contributed by atoms with Crippen LogP contribution < -0.4 is 9.47 Å². The quantitative estimate of drug-likeness (QED) is 0.610. The molecule has 132 valence electrons. The zero-order chi connectivity index (χ0) is 17.9. The Morgan fingerprint density at radius 1 is 1.04 bits per heavy atom. The van der Waals surface area contributed by atoms with Gasteiger partial charge in [0.15, 0.2) is 11.5 Å². The second kappa shape index (κ2) is 7.25. The Labute approximate surface area is 155 Å². The maximum Gasteiger partial charge on any atom is 0.231 e. The number of fused-ring (bicyclic) bond motifs is 1. The molecule has 0 bridgehead atoms. The SMILES string of the molecule is C=CCC1C(CCc2cc3c(cc2C)OCO3)=CC=C1c1ccccc1. The third-order valence-corrected chi connectivity index (χ3v) is 5.32. The molecule has 2 aliphatic rings. The van der Waals surface area contributed by atoms with Crippen LogP contribution in [0.3, 0.4) is 0 Å². The molecule has 2 heteroatoms. The molecule has 0 N–H and O–H groups in total. The maximum atomic E-state index is 5.54. The van der Waals surface area contributed by atoms with E-state index in [1.807, 2.05) is 6.08 Å². The van der Waals surface area contributed by atoms with Crippen molar-refractivity contribution < 1.29 is 9.47 Å². The first-order valence-corrected chi connectivity index (χ1v) is 9.22. The zero-order valence-electron chi connectivity index (χ0n) is 15.2. The summed E-state index contributed by atoms with van der Waals surface area (Å²) in [6.07, 6.45) is 9.66. The molecule has 4 rings (SSSR count). The zero-order valence-corrected chi connectivity index (χ0v) is 15.2. The summed E-state index contributed by atoms with van der Waals surface area (Å²) in [5.41, 5.74) is 6.80. The van der Waals surface area contributed by atoms with Gasteiger partial charge in [0.25, 0.3) is 0 Å². The number of ether oxygens (including phenoxy) is 2. The van der Waals surface area contributed by atoms with Crippen LogP contribution in [0.4, 0.5) is 0 Å². The lowest BCUT2D eigenvalue weighted by Gasteiger charge is -2.19. The average molecular weight is 344 g/mol. The van der Waals surface area contributed by atoms with Gasteiger partial charge in [-0.3, -0.25) is 0 Å². The van der Waals surface area contributed by atoms with Crippen LogP contribution in [0.25, 0.3) is 5.57 Å². The van der Waals surface area contributed by atoms with Gasteiger partial charge in [0.05, 0.1) is 0 Å². The molecule has 1 aliphatic heterocycles. The molecule has 0 saturated heterocycles. The standard InChI is InChI=1S/C24H24O2/c1-3-7-21-19(12-13-22(21)18-8-5-4-6-9-18)10-11-20-15-24-23(14-17(20)2)25-16-26-24/h3-6,8-9,12-15,21H,1,7,10-11,16H2,2H3. The third-order valence-electron chi connectivity index (χ3n) is 5.32. The number of hydrogen-bond donors (Lipinski definition) is 0. The predicted octanol–water partition coefficient (Wildman–Crippen LogP) is 5.87. The fourth-order valence-electron chi connectivity index (χ4n) is 3.89. The molecule has 1 atom stereocenters. The summed E-state index contributed by atoms with van der Waals surface area (Å²) in [4.78, 5) is 0. The Morgan fingerprint density at radius 2 is 1.81 bits per heavy atom. The van der Waals surface area contributed by atoms with E-state index in [9.17, 15) is 0 Å². The van der Waals surface area contributed by atoms with E-state index in [0.717, 1.165) is 30.8 Å². The molecular formula is C24H24O2. The Kier molecular flexibility index (Phi) is 4.66. The Morgan fingerprint density at radius 3 is 2.58 bits per heavy atom. The van der Waals surface area contributed by atoms with Crippen molar-refractivity contribution in [3.63, 3.8) is 0 Å². The molecule has 0 fully saturated rings. The molecule has 1 aliphatic carbocycles. The van der Waals surface area contributed by atoms with Crippen LogP contribution >= 0.6 is 0 Å². The molecule has 2 aromatic rings. The summed E-state index contributed by atoms with van der Waals surface area (Å²) < 4.78 is 11.0. The van der Waals surface area contributed by atoms with Crippen molar-refractivity contribution in [3.8, 4) is 11.5 Å². The maximum absolute atomic E-state index is 5.54. The molecule has 1 heterocycles. The first-order valence-electron chi connectivity index (χ1n) is 9.22. The summed E-state index contributed by atoms with van der Waals surface area (Å²) in [6, 6.07) is 14.9. The van der Waals surface area contributed by atoms with Crippen LogP contribution in [0, 0.1) is 12.8 Å². The van der Waals surface area contributed by atoms with Crippen LogP contribution in [0.1, 0.15) is 29.5 Å². The molecule has 2 nitrogen and oxygen atoms in total. The molecule has 1 unspecified atom stereocenters. The van der Waals surface area contributed by atoms with Crippen molar-refractivity contribution in [3.05, 3.63) is 89.5 Å². The molecule has 2 aromatic carbocycles. The number of hydrogen-bond acceptors (Lipinski definition) is 2. The molecule has 0 amide bonds. The van der Waals surface area contributed by atoms with Crippen molar-refractivity contribution in [2.24, 2.45) is 5.92 Å². The van der Waals surface area contributed by atoms with Gasteiger partial charge >= 0.3 is 0 Å². The summed E-state index contributed by atoms with van der Waals surface area (Å²) in [6.45, 7) is 6.45. The summed E-state index contributed by atoms with van der Waals surface area (Å²) in [5.74, 6) is 2.17. The van der Waals surface area contributed by atoms with Gasteiger partial charge in [0, 0.05) is 5.92 Å². The molecular weight excluding hydrogens is 320 g/mol. The van der Waals surface area contributed by atoms with Crippen LogP contribution in [0.2, 0.25) is 0 Å². The van der Waals surface area contributed by atoms with E-state index in [1.54, 1.807) is 0 Å². The molecule has 0 saturated carbocycles. The second-order valence-electron chi connectivity index (χ2n) is 6.94.